The van der Waals surface area contributed by atoms with E-state index in [9.17, 15) is 0 Å². The smallest absolute Gasteiger partial charge is 0.163 e. The Labute approximate surface area is 316 Å². The molecular weight excluding hydrogens is 677 g/mol. The van der Waals surface area contributed by atoms with Crippen LogP contribution in [0.3, 0.4) is 0 Å². The van der Waals surface area contributed by atoms with Gasteiger partial charge in [-0.1, -0.05) is 135 Å². The van der Waals surface area contributed by atoms with E-state index in [4.69, 9.17) is 15.0 Å². The van der Waals surface area contributed by atoms with Gasteiger partial charge in [0.1, 0.15) is 5.82 Å². The summed E-state index contributed by atoms with van der Waals surface area (Å²) >= 11 is 1.93. The summed E-state index contributed by atoms with van der Waals surface area (Å²) in [5, 5.41) is 7.00. The lowest BCUT2D eigenvalue weighted by Crippen LogP contribution is -2.31. The first-order valence-electron chi connectivity index (χ1n) is 18.9. The van der Waals surface area contributed by atoms with Crippen molar-refractivity contribution < 1.29 is 0 Å². The molecule has 54 heavy (non-hydrogen) atoms. The SMILES string of the molecule is CC1C=Cc2c3c4c5c(ccc6sc7cccc(c7c65)C31)ccc4n2C1=C2C=CC=CC2(C)C(c2nc(-c3ccccc3)nc(-c3ccccc3)n2)C=C1. The highest BCUT2D eigenvalue weighted by Gasteiger charge is 2.43. The molecule has 0 radical (unpaired) electrons. The average molecular weight is 711 g/mol. The molecule has 4 aliphatic rings. The molecule has 0 N–H and O–H groups in total. The Morgan fingerprint density at radius 2 is 1.39 bits per heavy atom. The van der Waals surface area contributed by atoms with Crippen molar-refractivity contribution in [1.82, 2.24) is 19.5 Å². The molecule has 0 saturated heterocycles. The van der Waals surface area contributed by atoms with Gasteiger partial charge in [0, 0.05) is 59.1 Å². The van der Waals surface area contributed by atoms with Crippen molar-refractivity contribution in [2.45, 2.75) is 25.7 Å². The molecular formula is C49H34N4S. The van der Waals surface area contributed by atoms with E-state index in [1.807, 2.05) is 47.7 Å². The van der Waals surface area contributed by atoms with E-state index in [1.54, 1.807) is 0 Å². The van der Waals surface area contributed by atoms with Crippen LogP contribution in [0.1, 0.15) is 48.3 Å². The van der Waals surface area contributed by atoms with E-state index in [0.29, 0.717) is 17.6 Å². The molecule has 0 bridgehead atoms. The molecule has 4 unspecified atom stereocenters. The average Bonchev–Trinajstić information content (AvgIpc) is 3.72. The fourth-order valence-electron chi connectivity index (χ4n) is 9.93. The first-order valence-corrected chi connectivity index (χ1v) is 19.7. The van der Waals surface area contributed by atoms with Gasteiger partial charge in [-0.2, -0.15) is 0 Å². The minimum atomic E-state index is -0.413. The molecule has 4 nitrogen and oxygen atoms in total. The van der Waals surface area contributed by atoms with Crippen LogP contribution in [-0.4, -0.2) is 19.5 Å². The number of fused-ring (bicyclic) bond motifs is 2. The van der Waals surface area contributed by atoms with E-state index in [0.717, 1.165) is 17.0 Å². The lowest BCUT2D eigenvalue weighted by molar-refractivity contribution is 0.442. The van der Waals surface area contributed by atoms with Crippen LogP contribution in [0, 0.1) is 11.3 Å². The lowest BCUT2D eigenvalue weighted by atomic mass is 9.66. The molecule has 3 aromatic heterocycles. The summed E-state index contributed by atoms with van der Waals surface area (Å²) in [6.07, 6.45) is 18.6. The number of benzene rings is 5. The summed E-state index contributed by atoms with van der Waals surface area (Å²) in [5.41, 5.74) is 9.49. The highest BCUT2D eigenvalue weighted by molar-refractivity contribution is 7.26. The number of hydrogen-bond donors (Lipinski definition) is 0. The fourth-order valence-corrected chi connectivity index (χ4v) is 11.1. The number of thiophene rings is 1. The summed E-state index contributed by atoms with van der Waals surface area (Å²) in [6.45, 7) is 4.75. The van der Waals surface area contributed by atoms with Crippen molar-refractivity contribution in [1.29, 1.82) is 0 Å². The van der Waals surface area contributed by atoms with E-state index in [-0.39, 0.29) is 11.8 Å². The van der Waals surface area contributed by atoms with Crippen LogP contribution in [0.25, 0.3) is 76.4 Å². The largest absolute Gasteiger partial charge is 0.309 e. The van der Waals surface area contributed by atoms with Gasteiger partial charge in [0.25, 0.3) is 0 Å². The second kappa shape index (κ2) is 10.9. The maximum atomic E-state index is 5.23. The summed E-state index contributed by atoms with van der Waals surface area (Å²) < 4.78 is 5.33. The predicted octanol–water partition coefficient (Wildman–Crippen LogP) is 12.5. The van der Waals surface area contributed by atoms with E-state index in [1.165, 1.54) is 69.9 Å². The third kappa shape index (κ3) is 4.00. The zero-order valence-electron chi connectivity index (χ0n) is 29.9. The van der Waals surface area contributed by atoms with Gasteiger partial charge in [0.05, 0.1) is 17.1 Å². The lowest BCUT2D eigenvalue weighted by Gasteiger charge is -2.40. The minimum Gasteiger partial charge on any atom is -0.309 e. The van der Waals surface area contributed by atoms with Gasteiger partial charge >= 0.3 is 0 Å². The van der Waals surface area contributed by atoms with Crippen molar-refractivity contribution in [2.24, 2.45) is 11.3 Å². The van der Waals surface area contributed by atoms with Gasteiger partial charge in [0.15, 0.2) is 11.6 Å². The first kappa shape index (κ1) is 30.3. The maximum absolute atomic E-state index is 5.23. The summed E-state index contributed by atoms with van der Waals surface area (Å²) in [7, 11) is 0. The van der Waals surface area contributed by atoms with Crippen LogP contribution in [0.15, 0.2) is 151 Å². The molecule has 5 aromatic carbocycles. The monoisotopic (exact) mass is 710 g/mol. The summed E-state index contributed by atoms with van der Waals surface area (Å²) in [4.78, 5) is 15.5. The number of aromatic nitrogens is 4. The van der Waals surface area contributed by atoms with E-state index >= 15 is 0 Å². The fraction of sp³-hybridized carbons (Fsp3) is 0.122. The van der Waals surface area contributed by atoms with Crippen molar-refractivity contribution in [2.75, 3.05) is 0 Å². The molecule has 256 valence electrons. The quantitative estimate of drug-likeness (QED) is 0.183. The third-order valence-corrected chi connectivity index (χ3v) is 13.5. The normalized spacial score (nSPS) is 22.1. The standard InChI is InChI=1S/C49H34N4S/c1-28-19-23-36-43-40(28)32-16-11-18-38-42(32)45-39(54-38)26-21-29-20-24-37(44(43)41(29)45)53(36)35-25-22-34(49(2)27-10-9-17-33(35)49)48-51-46(30-12-5-3-6-13-30)50-47(52-48)31-14-7-4-8-15-31/h3-28,34,40H,1-2H3. The van der Waals surface area contributed by atoms with Gasteiger partial charge in [0.2, 0.25) is 0 Å². The molecule has 4 aliphatic carbocycles. The minimum absolute atomic E-state index is 0.114. The molecule has 0 amide bonds. The highest BCUT2D eigenvalue weighted by Crippen LogP contribution is 2.57. The molecule has 8 aromatic rings. The first-order chi connectivity index (χ1) is 26.6. The Hall–Kier alpha value is -6.17. The van der Waals surface area contributed by atoms with Crippen LogP contribution in [0.4, 0.5) is 0 Å². The van der Waals surface area contributed by atoms with Gasteiger partial charge in [-0.05, 0) is 58.4 Å². The molecule has 0 fully saturated rings. The van der Waals surface area contributed by atoms with Gasteiger partial charge < -0.3 is 4.57 Å². The second-order valence-electron chi connectivity index (χ2n) is 15.4. The number of rotatable bonds is 4. The molecule has 4 atom stereocenters. The molecule has 0 spiro atoms. The molecule has 5 heteroatoms. The van der Waals surface area contributed by atoms with Crippen molar-refractivity contribution in [3.8, 4) is 22.8 Å². The Bertz CT molecular complexity index is 3030. The van der Waals surface area contributed by atoms with Crippen molar-refractivity contribution in [3.63, 3.8) is 0 Å². The van der Waals surface area contributed by atoms with Crippen LogP contribution in [0.5, 0.6) is 0 Å². The zero-order valence-corrected chi connectivity index (χ0v) is 30.7. The van der Waals surface area contributed by atoms with Crippen LogP contribution < -0.4 is 0 Å². The summed E-state index contributed by atoms with van der Waals surface area (Å²) in [5.74, 6) is 2.67. The topological polar surface area (TPSA) is 43.6 Å². The number of allylic oxidation sites excluding steroid dienone is 9. The van der Waals surface area contributed by atoms with E-state index in [2.05, 4.69) is 134 Å². The highest BCUT2D eigenvalue weighted by atomic mass is 32.1. The Balaban J connectivity index is 1.11. The molecule has 12 rings (SSSR count). The van der Waals surface area contributed by atoms with Gasteiger partial charge in [-0.15, -0.1) is 11.3 Å². The number of hydrogen-bond acceptors (Lipinski definition) is 4. The van der Waals surface area contributed by atoms with Gasteiger partial charge in [-0.3, -0.25) is 0 Å². The van der Waals surface area contributed by atoms with Crippen molar-refractivity contribution >= 4 is 65.0 Å². The predicted molar refractivity (Wildman–Crippen MR) is 225 cm³/mol. The van der Waals surface area contributed by atoms with Crippen LogP contribution >= 0.6 is 11.3 Å². The summed E-state index contributed by atoms with van der Waals surface area (Å²) in [6, 6.07) is 36.9. The second-order valence-corrected chi connectivity index (χ2v) is 16.4. The molecule has 0 saturated carbocycles. The van der Waals surface area contributed by atoms with E-state index < -0.39 is 5.41 Å². The van der Waals surface area contributed by atoms with Crippen molar-refractivity contribution in [3.05, 3.63) is 174 Å². The third-order valence-electron chi connectivity index (χ3n) is 12.4. The number of nitrogens with zero attached hydrogens (tertiary/aromatic N) is 4. The Morgan fingerprint density at radius 1 is 0.648 bits per heavy atom. The van der Waals surface area contributed by atoms with Gasteiger partial charge in [-0.25, -0.2) is 15.0 Å². The zero-order chi connectivity index (χ0) is 35.7. The maximum Gasteiger partial charge on any atom is 0.163 e. The van der Waals surface area contributed by atoms with Crippen LogP contribution in [0.2, 0.25) is 0 Å². The Kier molecular flexibility index (Phi) is 6.14. The molecule has 0 aliphatic heterocycles. The van der Waals surface area contributed by atoms with Crippen LogP contribution in [-0.2, 0) is 0 Å². The Morgan fingerprint density at radius 3 is 2.17 bits per heavy atom. The molecule has 3 heterocycles.